The predicted molar refractivity (Wildman–Crippen MR) is 75.1 cm³/mol. The molecule has 0 nitrogen and oxygen atoms in total. The van der Waals surface area contributed by atoms with Gasteiger partial charge in [0.05, 0.1) is 5.75 Å². The molecule has 0 aliphatic rings. The second-order valence-corrected chi connectivity index (χ2v) is 5.23. The summed E-state index contributed by atoms with van der Waals surface area (Å²) in [5.41, 5.74) is -2.18. The third-order valence-corrected chi connectivity index (χ3v) is 3.18. The zero-order chi connectivity index (χ0) is 14.1. The molecule has 1 aromatic rings. The van der Waals surface area contributed by atoms with Crippen LogP contribution in [0.5, 0.6) is 0 Å². The Bertz CT molecular complexity index is 423. The molecule has 0 N–H and O–H groups in total. The lowest BCUT2D eigenvalue weighted by molar-refractivity contribution is -0.0325. The molecule has 0 aliphatic heterocycles. The zero-order valence-electron chi connectivity index (χ0n) is 10.9. The number of rotatable bonds is 5. The summed E-state index contributed by atoms with van der Waals surface area (Å²) in [4.78, 5) is 0. The van der Waals surface area contributed by atoms with Crippen molar-refractivity contribution >= 4 is 11.8 Å². The number of halogens is 3. The fourth-order valence-corrected chi connectivity index (χ4v) is 1.90. The molecule has 1 rings (SSSR count). The van der Waals surface area contributed by atoms with Crippen molar-refractivity contribution in [3.63, 3.8) is 0 Å². The number of benzene rings is 1. The van der Waals surface area contributed by atoms with Crippen molar-refractivity contribution < 1.29 is 13.2 Å². The van der Waals surface area contributed by atoms with Gasteiger partial charge in [-0.2, -0.15) is 13.2 Å². The van der Waals surface area contributed by atoms with Crippen LogP contribution in [0.1, 0.15) is 37.3 Å². The quantitative estimate of drug-likeness (QED) is 0.541. The van der Waals surface area contributed by atoms with E-state index in [1.54, 1.807) is 0 Å². The summed E-state index contributed by atoms with van der Waals surface area (Å²) in [6.07, 6.45) is 4.63. The fourth-order valence-electron chi connectivity index (χ4n) is 1.59. The lowest BCUT2D eigenvalue weighted by Crippen LogP contribution is -1.99. The third kappa shape index (κ3) is 7.84. The van der Waals surface area contributed by atoms with Crippen LogP contribution < -0.4 is 0 Å². The standard InChI is InChI=1S/C15H17F3S/c1-2-3-4-6-13-8-10-14(11-9-13)7-5-12-19-15(16,17)18/h8-11H,2-4,6,12H2,1H3. The van der Waals surface area contributed by atoms with Crippen molar-refractivity contribution in [2.24, 2.45) is 0 Å². The van der Waals surface area contributed by atoms with Gasteiger partial charge < -0.3 is 0 Å². The monoisotopic (exact) mass is 286 g/mol. The predicted octanol–water partition coefficient (Wildman–Crippen LogP) is 5.02. The Labute approximate surface area is 116 Å². The SMILES string of the molecule is CCCCCc1ccc(C#CCSC(F)(F)F)cc1. The molecule has 0 aromatic heterocycles. The topological polar surface area (TPSA) is 0 Å². The molecule has 0 unspecified atom stereocenters. The molecule has 0 saturated heterocycles. The van der Waals surface area contributed by atoms with E-state index in [-0.39, 0.29) is 17.5 Å². The number of hydrogen-bond donors (Lipinski definition) is 0. The van der Waals surface area contributed by atoms with Crippen LogP contribution >= 0.6 is 11.8 Å². The average Bonchev–Trinajstić information content (AvgIpc) is 2.36. The summed E-state index contributed by atoms with van der Waals surface area (Å²) in [5.74, 6) is 5.04. The Morgan fingerprint density at radius 1 is 1.11 bits per heavy atom. The van der Waals surface area contributed by atoms with Gasteiger partial charge in [0.25, 0.3) is 0 Å². The van der Waals surface area contributed by atoms with E-state index in [4.69, 9.17) is 0 Å². The normalized spacial score (nSPS) is 10.9. The second-order valence-electron chi connectivity index (χ2n) is 4.19. The summed E-state index contributed by atoms with van der Waals surface area (Å²) >= 11 is -0.104. The first-order valence-electron chi connectivity index (χ1n) is 6.30. The molecular formula is C15H17F3S. The summed E-state index contributed by atoms with van der Waals surface area (Å²) in [6.45, 7) is 2.16. The molecule has 0 fully saturated rings. The summed E-state index contributed by atoms with van der Waals surface area (Å²) in [5, 5.41) is 0. The van der Waals surface area contributed by atoms with Gasteiger partial charge in [-0.25, -0.2) is 0 Å². The Hall–Kier alpha value is -1.08. The lowest BCUT2D eigenvalue weighted by Gasteiger charge is -2.01. The minimum atomic E-state index is -4.20. The molecule has 0 amide bonds. The maximum Gasteiger partial charge on any atom is 0.442 e. The van der Waals surface area contributed by atoms with Gasteiger partial charge in [-0.15, -0.1) is 0 Å². The Morgan fingerprint density at radius 2 is 1.79 bits per heavy atom. The molecular weight excluding hydrogens is 269 g/mol. The maximum absolute atomic E-state index is 11.9. The van der Waals surface area contributed by atoms with Gasteiger partial charge in [0.15, 0.2) is 0 Å². The van der Waals surface area contributed by atoms with E-state index >= 15 is 0 Å². The van der Waals surface area contributed by atoms with Gasteiger partial charge in [0, 0.05) is 5.56 Å². The van der Waals surface area contributed by atoms with Gasteiger partial charge in [0.1, 0.15) is 0 Å². The highest BCUT2D eigenvalue weighted by atomic mass is 32.2. The molecule has 0 atom stereocenters. The van der Waals surface area contributed by atoms with Gasteiger partial charge in [-0.1, -0.05) is 43.7 Å². The second kappa shape index (κ2) is 8.16. The minimum absolute atomic E-state index is 0.104. The van der Waals surface area contributed by atoms with Crippen molar-refractivity contribution in [3.05, 3.63) is 35.4 Å². The van der Waals surface area contributed by atoms with E-state index in [9.17, 15) is 13.2 Å². The van der Waals surface area contributed by atoms with Crippen molar-refractivity contribution in [2.45, 2.75) is 38.1 Å². The fraction of sp³-hybridized carbons (Fsp3) is 0.467. The van der Waals surface area contributed by atoms with E-state index in [1.165, 1.54) is 24.8 Å². The molecule has 4 heteroatoms. The van der Waals surface area contributed by atoms with E-state index in [0.717, 1.165) is 12.0 Å². The van der Waals surface area contributed by atoms with Crippen molar-refractivity contribution in [1.82, 2.24) is 0 Å². The van der Waals surface area contributed by atoms with E-state index < -0.39 is 5.51 Å². The van der Waals surface area contributed by atoms with Crippen LogP contribution in [0.3, 0.4) is 0 Å². The molecule has 0 spiro atoms. The average molecular weight is 286 g/mol. The van der Waals surface area contributed by atoms with Crippen LogP contribution in [0.4, 0.5) is 13.2 Å². The van der Waals surface area contributed by atoms with E-state index in [0.29, 0.717) is 0 Å². The lowest BCUT2D eigenvalue weighted by atomic mass is 10.1. The number of unbranched alkanes of at least 4 members (excludes halogenated alkanes) is 2. The highest BCUT2D eigenvalue weighted by Crippen LogP contribution is 2.29. The van der Waals surface area contributed by atoms with Gasteiger partial charge >= 0.3 is 5.51 Å². The van der Waals surface area contributed by atoms with Crippen LogP contribution in [-0.2, 0) is 6.42 Å². The smallest absolute Gasteiger partial charge is 0.160 e. The van der Waals surface area contributed by atoms with E-state index in [1.807, 2.05) is 24.3 Å². The molecule has 0 aliphatic carbocycles. The summed E-state index contributed by atoms with van der Waals surface area (Å²) < 4.78 is 35.6. The van der Waals surface area contributed by atoms with Crippen molar-refractivity contribution in [1.29, 1.82) is 0 Å². The molecule has 0 radical (unpaired) electrons. The van der Waals surface area contributed by atoms with E-state index in [2.05, 4.69) is 18.8 Å². The summed E-state index contributed by atoms with van der Waals surface area (Å²) in [6, 6.07) is 7.73. The molecule has 1 aromatic carbocycles. The zero-order valence-corrected chi connectivity index (χ0v) is 11.7. The third-order valence-electron chi connectivity index (χ3n) is 2.56. The van der Waals surface area contributed by atoms with Crippen LogP contribution in [0.2, 0.25) is 0 Å². The molecule has 19 heavy (non-hydrogen) atoms. The van der Waals surface area contributed by atoms with Crippen LogP contribution in [-0.4, -0.2) is 11.3 Å². The minimum Gasteiger partial charge on any atom is -0.160 e. The number of thioether (sulfide) groups is 1. The Kier molecular flexibility index (Phi) is 6.86. The maximum atomic E-state index is 11.9. The number of aryl methyl sites for hydroxylation is 1. The highest BCUT2D eigenvalue weighted by molar-refractivity contribution is 8.00. The largest absolute Gasteiger partial charge is 0.442 e. The first kappa shape index (κ1) is 16.0. The highest BCUT2D eigenvalue weighted by Gasteiger charge is 2.26. The van der Waals surface area contributed by atoms with Crippen molar-refractivity contribution in [2.75, 3.05) is 5.75 Å². The molecule has 104 valence electrons. The Morgan fingerprint density at radius 3 is 2.37 bits per heavy atom. The molecule has 0 saturated carbocycles. The molecule has 0 bridgehead atoms. The number of alkyl halides is 3. The van der Waals surface area contributed by atoms with Crippen LogP contribution in [0.15, 0.2) is 24.3 Å². The van der Waals surface area contributed by atoms with Crippen molar-refractivity contribution in [3.8, 4) is 11.8 Å². The molecule has 0 heterocycles. The first-order chi connectivity index (χ1) is 9.01. The van der Waals surface area contributed by atoms with Crippen LogP contribution in [0.25, 0.3) is 0 Å². The van der Waals surface area contributed by atoms with Gasteiger partial charge in [-0.05, 0) is 42.3 Å². The number of hydrogen-bond acceptors (Lipinski definition) is 1. The summed E-state index contributed by atoms with van der Waals surface area (Å²) in [7, 11) is 0. The van der Waals surface area contributed by atoms with Gasteiger partial charge in [-0.3, -0.25) is 0 Å². The Balaban J connectivity index is 2.42. The first-order valence-corrected chi connectivity index (χ1v) is 7.28. The van der Waals surface area contributed by atoms with Gasteiger partial charge in [0.2, 0.25) is 0 Å². The van der Waals surface area contributed by atoms with Crippen LogP contribution in [0, 0.1) is 11.8 Å².